The third-order valence-corrected chi connectivity index (χ3v) is 4.17. The third-order valence-electron chi connectivity index (χ3n) is 2.55. The molecule has 0 rings (SSSR count). The van der Waals surface area contributed by atoms with Gasteiger partial charge in [0.2, 0.25) is 0 Å². The van der Waals surface area contributed by atoms with Gasteiger partial charge in [0.15, 0.2) is 0 Å². The topological polar surface area (TPSA) is 32.3 Å². The van der Waals surface area contributed by atoms with E-state index in [4.69, 9.17) is 5.11 Å². The molecule has 0 saturated carbocycles. The largest absolute Gasteiger partial charge is 0.396 e. The van der Waals surface area contributed by atoms with Gasteiger partial charge in [0.25, 0.3) is 0 Å². The van der Waals surface area contributed by atoms with Gasteiger partial charge >= 0.3 is 0 Å². The van der Waals surface area contributed by atoms with Gasteiger partial charge in [0.1, 0.15) is 0 Å². The molecule has 0 amide bonds. The van der Waals surface area contributed by atoms with Crippen LogP contribution in [0.25, 0.3) is 0 Å². The molecule has 0 fully saturated rings. The molecule has 0 aromatic carbocycles. The molecule has 0 saturated heterocycles. The Bertz CT molecular complexity index is 127. The van der Waals surface area contributed by atoms with Crippen LogP contribution in [0.15, 0.2) is 0 Å². The Kier molecular flexibility index (Phi) is 11.0. The molecule has 3 heteroatoms. The number of nitrogens with one attached hydrogen (secondary N) is 1. The van der Waals surface area contributed by atoms with Crippen molar-refractivity contribution >= 4 is 11.8 Å². The number of thioether (sulfide) groups is 1. The molecule has 2 atom stereocenters. The second kappa shape index (κ2) is 10.8. The van der Waals surface area contributed by atoms with E-state index >= 15 is 0 Å². The third kappa shape index (κ3) is 7.20. The molecule has 92 valence electrons. The Balaban J connectivity index is 3.93. The number of hydrogen-bond acceptors (Lipinski definition) is 3. The summed E-state index contributed by atoms with van der Waals surface area (Å²) in [5.74, 6) is 1.08. The molecule has 0 aliphatic heterocycles. The Morgan fingerprint density at radius 1 is 1.27 bits per heavy atom. The summed E-state index contributed by atoms with van der Waals surface area (Å²) in [6, 6.07) is 0.647. The van der Waals surface area contributed by atoms with Crippen molar-refractivity contribution in [3.63, 3.8) is 0 Å². The van der Waals surface area contributed by atoms with E-state index in [-0.39, 0.29) is 0 Å². The van der Waals surface area contributed by atoms with Crippen LogP contribution in [0, 0.1) is 0 Å². The Morgan fingerprint density at radius 3 is 2.47 bits per heavy atom. The molecule has 0 spiro atoms. The first-order chi connectivity index (χ1) is 7.29. The fraction of sp³-hybridized carbons (Fsp3) is 1.00. The minimum absolute atomic E-state index is 0.323. The smallest absolute Gasteiger partial charge is 0.0438 e. The Labute approximate surface area is 99.2 Å². The van der Waals surface area contributed by atoms with Crippen molar-refractivity contribution in [3.05, 3.63) is 0 Å². The molecular formula is C12H27NOS. The van der Waals surface area contributed by atoms with Crippen molar-refractivity contribution in [1.29, 1.82) is 0 Å². The van der Waals surface area contributed by atoms with Crippen molar-refractivity contribution in [1.82, 2.24) is 5.32 Å². The van der Waals surface area contributed by atoms with Crippen LogP contribution in [0.2, 0.25) is 0 Å². The zero-order valence-electron chi connectivity index (χ0n) is 10.5. The molecular weight excluding hydrogens is 206 g/mol. The maximum absolute atomic E-state index is 8.77. The summed E-state index contributed by atoms with van der Waals surface area (Å²) in [5, 5.41) is 13.1. The highest BCUT2D eigenvalue weighted by Crippen LogP contribution is 2.21. The van der Waals surface area contributed by atoms with Crippen molar-refractivity contribution in [2.45, 2.75) is 57.7 Å². The fourth-order valence-electron chi connectivity index (χ4n) is 1.81. The molecule has 0 aromatic rings. The summed E-state index contributed by atoms with van der Waals surface area (Å²) in [7, 11) is 0. The lowest BCUT2D eigenvalue weighted by Gasteiger charge is -2.26. The van der Waals surface area contributed by atoms with Gasteiger partial charge in [-0.05, 0) is 31.6 Å². The number of hydrogen-bond donors (Lipinski definition) is 2. The van der Waals surface area contributed by atoms with Crippen LogP contribution in [-0.4, -0.2) is 35.3 Å². The highest BCUT2D eigenvalue weighted by molar-refractivity contribution is 7.99. The minimum Gasteiger partial charge on any atom is -0.396 e. The van der Waals surface area contributed by atoms with E-state index in [1.165, 1.54) is 19.3 Å². The summed E-state index contributed by atoms with van der Waals surface area (Å²) in [4.78, 5) is 0. The van der Waals surface area contributed by atoms with E-state index < -0.39 is 0 Å². The monoisotopic (exact) mass is 233 g/mol. The van der Waals surface area contributed by atoms with E-state index in [0.29, 0.717) is 17.9 Å². The first-order valence-corrected chi connectivity index (χ1v) is 7.30. The van der Waals surface area contributed by atoms with Crippen LogP contribution in [0.1, 0.15) is 46.5 Å². The van der Waals surface area contributed by atoms with E-state index in [9.17, 15) is 0 Å². The zero-order valence-corrected chi connectivity index (χ0v) is 11.3. The molecule has 2 unspecified atom stereocenters. The van der Waals surface area contributed by atoms with Crippen LogP contribution < -0.4 is 5.32 Å². The molecule has 0 heterocycles. The number of aliphatic hydroxyl groups excluding tert-OH is 1. The summed E-state index contributed by atoms with van der Waals surface area (Å²) >= 11 is 2.01. The molecule has 2 N–H and O–H groups in total. The van der Waals surface area contributed by atoms with Gasteiger partial charge in [-0.3, -0.25) is 0 Å². The van der Waals surface area contributed by atoms with E-state index in [0.717, 1.165) is 18.7 Å². The average Bonchev–Trinajstić information content (AvgIpc) is 2.24. The van der Waals surface area contributed by atoms with E-state index in [1.54, 1.807) is 0 Å². The molecule has 0 aliphatic carbocycles. The molecule has 15 heavy (non-hydrogen) atoms. The van der Waals surface area contributed by atoms with Gasteiger partial charge in [0.05, 0.1) is 0 Å². The van der Waals surface area contributed by atoms with Gasteiger partial charge < -0.3 is 10.4 Å². The second-order valence-electron chi connectivity index (χ2n) is 3.85. The zero-order chi connectivity index (χ0) is 11.5. The first kappa shape index (κ1) is 15.3. The Hall–Kier alpha value is 0.270. The molecule has 0 radical (unpaired) electrons. The van der Waals surface area contributed by atoms with Crippen LogP contribution in [0.3, 0.4) is 0 Å². The highest BCUT2D eigenvalue weighted by atomic mass is 32.2. The maximum atomic E-state index is 8.77. The summed E-state index contributed by atoms with van der Waals surface area (Å²) in [5.41, 5.74) is 0. The van der Waals surface area contributed by atoms with Crippen LogP contribution in [-0.2, 0) is 0 Å². The first-order valence-electron chi connectivity index (χ1n) is 6.25. The van der Waals surface area contributed by atoms with Crippen LogP contribution in [0.4, 0.5) is 0 Å². The maximum Gasteiger partial charge on any atom is 0.0438 e. The van der Waals surface area contributed by atoms with Crippen molar-refractivity contribution in [2.24, 2.45) is 0 Å². The van der Waals surface area contributed by atoms with Crippen molar-refractivity contribution < 1.29 is 5.11 Å². The minimum atomic E-state index is 0.323. The SMILES string of the molecule is CCCC(NCC)C(CC)SCCCO. The van der Waals surface area contributed by atoms with Gasteiger partial charge in [-0.2, -0.15) is 11.8 Å². The second-order valence-corrected chi connectivity index (χ2v) is 5.19. The van der Waals surface area contributed by atoms with Crippen molar-refractivity contribution in [2.75, 3.05) is 18.9 Å². The summed E-state index contributed by atoms with van der Waals surface area (Å²) < 4.78 is 0. The number of aliphatic hydroxyl groups is 1. The van der Waals surface area contributed by atoms with Gasteiger partial charge in [0, 0.05) is 17.9 Å². The van der Waals surface area contributed by atoms with E-state index in [1.807, 2.05) is 11.8 Å². The van der Waals surface area contributed by atoms with Gasteiger partial charge in [-0.15, -0.1) is 0 Å². The lowest BCUT2D eigenvalue weighted by Crippen LogP contribution is -2.38. The Morgan fingerprint density at radius 2 is 2.00 bits per heavy atom. The highest BCUT2D eigenvalue weighted by Gasteiger charge is 2.18. The molecule has 2 nitrogen and oxygen atoms in total. The predicted molar refractivity (Wildman–Crippen MR) is 70.6 cm³/mol. The fourth-order valence-corrected chi connectivity index (χ4v) is 3.11. The molecule has 0 aromatic heterocycles. The molecule has 0 bridgehead atoms. The quantitative estimate of drug-likeness (QED) is 0.569. The normalized spacial score (nSPS) is 15.2. The standard InChI is InChI=1S/C12H27NOS/c1-4-8-11(13-6-3)12(5-2)15-10-7-9-14/h11-14H,4-10H2,1-3H3. The summed E-state index contributed by atoms with van der Waals surface area (Å²) in [6.07, 6.45) is 4.65. The molecule has 0 aliphatic rings. The van der Waals surface area contributed by atoms with Gasteiger partial charge in [-0.25, -0.2) is 0 Å². The lowest BCUT2D eigenvalue weighted by molar-refractivity contribution is 0.296. The predicted octanol–water partition coefficient (Wildman–Crippen LogP) is 2.66. The number of rotatable bonds is 10. The lowest BCUT2D eigenvalue weighted by atomic mass is 10.1. The van der Waals surface area contributed by atoms with Crippen LogP contribution >= 0.6 is 11.8 Å². The van der Waals surface area contributed by atoms with Crippen LogP contribution in [0.5, 0.6) is 0 Å². The van der Waals surface area contributed by atoms with Gasteiger partial charge in [-0.1, -0.05) is 27.2 Å². The average molecular weight is 233 g/mol. The van der Waals surface area contributed by atoms with E-state index in [2.05, 4.69) is 26.1 Å². The van der Waals surface area contributed by atoms with Crippen molar-refractivity contribution in [3.8, 4) is 0 Å². The summed E-state index contributed by atoms with van der Waals surface area (Å²) in [6.45, 7) is 8.06.